The molecule has 3 rings (SSSR count). The van der Waals surface area contributed by atoms with Gasteiger partial charge in [0.05, 0.1) is 18.3 Å². The Morgan fingerprint density at radius 1 is 1.16 bits per heavy atom. The molecule has 0 spiro atoms. The second-order valence-corrected chi connectivity index (χ2v) is 5.83. The molecule has 3 aliphatic rings. The van der Waals surface area contributed by atoms with Crippen molar-refractivity contribution >= 4 is 17.9 Å². The number of fused-ring (bicyclic) bond motifs is 1. The molecular weight excluding hydrogens is 252 g/mol. The van der Waals surface area contributed by atoms with Crippen molar-refractivity contribution in [2.45, 2.75) is 32.5 Å². The topological polar surface area (TPSA) is 89.9 Å². The lowest BCUT2D eigenvalue weighted by molar-refractivity contribution is -0.158. The summed E-state index contributed by atoms with van der Waals surface area (Å²) >= 11 is 0. The van der Waals surface area contributed by atoms with Gasteiger partial charge in [-0.15, -0.1) is 0 Å². The molecule has 0 aromatic heterocycles. The van der Waals surface area contributed by atoms with Gasteiger partial charge in [0.1, 0.15) is 0 Å². The van der Waals surface area contributed by atoms with Gasteiger partial charge in [0.2, 0.25) is 6.29 Å². The van der Waals surface area contributed by atoms with E-state index in [4.69, 9.17) is 9.47 Å². The second kappa shape index (κ2) is 4.30. The molecule has 0 aromatic rings. The fourth-order valence-electron chi connectivity index (χ4n) is 3.78. The van der Waals surface area contributed by atoms with Crippen molar-refractivity contribution in [3.8, 4) is 0 Å². The molecule has 0 bridgehead atoms. The third-order valence-electron chi connectivity index (χ3n) is 4.68. The maximum absolute atomic E-state index is 11.7. The number of cyclic esters (lactones) is 3. The summed E-state index contributed by atoms with van der Waals surface area (Å²) < 4.78 is 9.45. The lowest BCUT2D eigenvalue weighted by atomic mass is 9.65. The fraction of sp³-hybridized carbons (Fsp3) is 0.769. The van der Waals surface area contributed by atoms with Gasteiger partial charge >= 0.3 is 17.9 Å². The maximum Gasteiger partial charge on any atom is 0.317 e. The first kappa shape index (κ1) is 12.6. The van der Waals surface area contributed by atoms with E-state index in [1.807, 2.05) is 6.92 Å². The van der Waals surface area contributed by atoms with E-state index in [0.717, 1.165) is 0 Å². The number of rotatable bonds is 1. The highest BCUT2D eigenvalue weighted by molar-refractivity contribution is 5.96. The molecular formula is C13H16O6. The summed E-state index contributed by atoms with van der Waals surface area (Å²) in [5, 5.41) is 9.73. The first-order valence-corrected chi connectivity index (χ1v) is 6.60. The number of carbonyl (C=O) groups excluding carboxylic acids is 3. The van der Waals surface area contributed by atoms with Crippen LogP contribution in [0.25, 0.3) is 0 Å². The van der Waals surface area contributed by atoms with E-state index < -0.39 is 30.1 Å². The summed E-state index contributed by atoms with van der Waals surface area (Å²) in [6.45, 7) is 1.91. The van der Waals surface area contributed by atoms with Crippen molar-refractivity contribution in [3.05, 3.63) is 0 Å². The number of aliphatic hydroxyl groups excluding tert-OH is 1. The van der Waals surface area contributed by atoms with Crippen LogP contribution in [0, 0.1) is 29.6 Å². The van der Waals surface area contributed by atoms with Gasteiger partial charge in [-0.1, -0.05) is 6.92 Å². The average molecular weight is 268 g/mol. The van der Waals surface area contributed by atoms with Crippen LogP contribution in [0.5, 0.6) is 0 Å². The zero-order valence-electron chi connectivity index (χ0n) is 10.6. The predicted molar refractivity (Wildman–Crippen MR) is 60.2 cm³/mol. The number of hydrogen-bond acceptors (Lipinski definition) is 6. The number of hydrogen-bond donors (Lipinski definition) is 1. The minimum atomic E-state index is -1.09. The smallest absolute Gasteiger partial charge is 0.317 e. The van der Waals surface area contributed by atoms with Crippen LogP contribution < -0.4 is 0 Å². The van der Waals surface area contributed by atoms with Gasteiger partial charge in [-0.25, -0.2) is 0 Å². The minimum Gasteiger partial charge on any atom is -0.436 e. The van der Waals surface area contributed by atoms with Crippen LogP contribution in [0.2, 0.25) is 0 Å². The van der Waals surface area contributed by atoms with E-state index in [-0.39, 0.29) is 30.1 Å². The number of ether oxygens (including phenoxy) is 2. The van der Waals surface area contributed by atoms with Gasteiger partial charge in [-0.3, -0.25) is 14.4 Å². The molecule has 6 nitrogen and oxygen atoms in total. The third-order valence-corrected chi connectivity index (χ3v) is 4.68. The van der Waals surface area contributed by atoms with Crippen molar-refractivity contribution in [2.24, 2.45) is 29.6 Å². The number of esters is 3. The Balaban J connectivity index is 1.78. The largest absolute Gasteiger partial charge is 0.436 e. The monoisotopic (exact) mass is 268 g/mol. The Hall–Kier alpha value is -1.43. The lowest BCUT2D eigenvalue weighted by Crippen LogP contribution is -2.38. The van der Waals surface area contributed by atoms with Gasteiger partial charge in [0, 0.05) is 5.92 Å². The van der Waals surface area contributed by atoms with Gasteiger partial charge in [0.15, 0.2) is 0 Å². The summed E-state index contributed by atoms with van der Waals surface area (Å²) in [6.07, 6.45) is 0.271. The Labute approximate surface area is 110 Å². The van der Waals surface area contributed by atoms with E-state index in [0.29, 0.717) is 12.8 Å². The van der Waals surface area contributed by atoms with Crippen LogP contribution in [-0.2, 0) is 23.9 Å². The zero-order chi connectivity index (χ0) is 13.7. The van der Waals surface area contributed by atoms with Crippen LogP contribution in [0.15, 0.2) is 0 Å². The summed E-state index contributed by atoms with van der Waals surface area (Å²) in [7, 11) is 0. The van der Waals surface area contributed by atoms with Gasteiger partial charge in [0.25, 0.3) is 0 Å². The molecule has 1 saturated carbocycles. The summed E-state index contributed by atoms with van der Waals surface area (Å²) in [4.78, 5) is 34.5. The Morgan fingerprint density at radius 3 is 2.53 bits per heavy atom. The summed E-state index contributed by atoms with van der Waals surface area (Å²) in [6, 6.07) is 0. The molecule has 1 aliphatic carbocycles. The Kier molecular flexibility index (Phi) is 2.85. The molecule has 6 atom stereocenters. The molecule has 6 heteroatoms. The van der Waals surface area contributed by atoms with E-state index in [9.17, 15) is 19.5 Å². The first-order valence-electron chi connectivity index (χ1n) is 6.60. The van der Waals surface area contributed by atoms with Crippen molar-refractivity contribution in [3.63, 3.8) is 0 Å². The van der Waals surface area contributed by atoms with E-state index in [1.54, 1.807) is 0 Å². The summed E-state index contributed by atoms with van der Waals surface area (Å²) in [5.74, 6) is -2.34. The normalized spacial score (nSPS) is 45.9. The molecule has 19 heavy (non-hydrogen) atoms. The molecule has 104 valence electrons. The highest BCUT2D eigenvalue weighted by atomic mass is 16.6. The Bertz CT molecular complexity index is 444. The molecule has 3 fully saturated rings. The summed E-state index contributed by atoms with van der Waals surface area (Å²) in [5.41, 5.74) is 0. The molecule has 0 radical (unpaired) electrons. The van der Waals surface area contributed by atoms with Crippen LogP contribution in [0.3, 0.4) is 0 Å². The van der Waals surface area contributed by atoms with Crippen LogP contribution in [0.1, 0.15) is 26.2 Å². The average Bonchev–Trinajstić information content (AvgIpc) is 2.80. The third kappa shape index (κ3) is 1.94. The molecule has 2 saturated heterocycles. The number of aliphatic hydroxyl groups is 1. The SMILES string of the molecule is CC1CC(C2CC(=O)OC2O)CC2C(=O)OC(=O)C12. The van der Waals surface area contributed by atoms with E-state index in [1.165, 1.54) is 0 Å². The predicted octanol–water partition coefficient (Wildman–Crippen LogP) is 0.230. The van der Waals surface area contributed by atoms with E-state index in [2.05, 4.69) is 0 Å². The molecule has 0 amide bonds. The van der Waals surface area contributed by atoms with Crippen molar-refractivity contribution in [1.29, 1.82) is 0 Å². The molecule has 2 heterocycles. The lowest BCUT2D eigenvalue weighted by Gasteiger charge is -2.36. The number of carbonyl (C=O) groups is 3. The second-order valence-electron chi connectivity index (χ2n) is 5.83. The van der Waals surface area contributed by atoms with Crippen LogP contribution in [0.4, 0.5) is 0 Å². The highest BCUT2D eigenvalue weighted by Crippen LogP contribution is 2.47. The maximum atomic E-state index is 11.7. The first-order chi connectivity index (χ1) is 8.97. The zero-order valence-corrected chi connectivity index (χ0v) is 10.6. The van der Waals surface area contributed by atoms with Crippen LogP contribution >= 0.6 is 0 Å². The standard InChI is InChI=1S/C13H16O6/c1-5-2-6(7-4-9(14)18-11(7)15)3-8-10(5)13(17)19-12(8)16/h5-8,10-11,15H,2-4H2,1H3. The molecule has 0 aromatic carbocycles. The molecule has 6 unspecified atom stereocenters. The van der Waals surface area contributed by atoms with Gasteiger partial charge in [-0.05, 0) is 24.7 Å². The van der Waals surface area contributed by atoms with Crippen molar-refractivity contribution < 1.29 is 29.0 Å². The van der Waals surface area contributed by atoms with Gasteiger partial charge in [-0.2, -0.15) is 0 Å². The van der Waals surface area contributed by atoms with Crippen molar-refractivity contribution in [2.75, 3.05) is 0 Å². The quantitative estimate of drug-likeness (QED) is 0.541. The highest BCUT2D eigenvalue weighted by Gasteiger charge is 2.53. The van der Waals surface area contributed by atoms with Gasteiger partial charge < -0.3 is 14.6 Å². The Morgan fingerprint density at radius 2 is 1.89 bits per heavy atom. The van der Waals surface area contributed by atoms with Crippen molar-refractivity contribution in [1.82, 2.24) is 0 Å². The minimum absolute atomic E-state index is 0.0103. The molecule has 2 aliphatic heterocycles. The molecule has 1 N–H and O–H groups in total. The van der Waals surface area contributed by atoms with Crippen LogP contribution in [-0.4, -0.2) is 29.3 Å². The van der Waals surface area contributed by atoms with E-state index >= 15 is 0 Å². The fourth-order valence-corrected chi connectivity index (χ4v) is 3.78.